The Hall–Kier alpha value is -3.65. The minimum Gasteiger partial charge on any atom is -0.457 e. The number of fused-ring (bicyclic) bond motifs is 1. The summed E-state index contributed by atoms with van der Waals surface area (Å²) >= 11 is 5.95. The van der Waals surface area contributed by atoms with Crippen molar-refractivity contribution >= 4 is 35.1 Å². The molecule has 0 aliphatic carbocycles. The first-order chi connectivity index (χ1) is 15.3. The highest BCUT2D eigenvalue weighted by molar-refractivity contribution is 6.30. The number of nitrogens with zero attached hydrogens (tertiary/aromatic N) is 3. The number of halogens is 1. The molecule has 0 saturated heterocycles. The second kappa shape index (κ2) is 8.84. The number of benzene rings is 2. The minimum atomic E-state index is -0.625. The van der Waals surface area contributed by atoms with Crippen molar-refractivity contribution in [3.8, 4) is 0 Å². The van der Waals surface area contributed by atoms with Gasteiger partial charge in [0.25, 0.3) is 11.7 Å². The number of hydrogen-bond donors (Lipinski definition) is 2. The SMILES string of the molecule is CC1=C(C(=O)Nc2ccc(Cl)cc2)[C@H](c2ccccc2)n2nc(C(=O)OC(C)C)nc2N1. The zero-order valence-corrected chi connectivity index (χ0v) is 18.6. The van der Waals surface area contributed by atoms with Gasteiger partial charge < -0.3 is 15.4 Å². The molecule has 0 radical (unpaired) electrons. The molecule has 0 fully saturated rings. The molecule has 9 heteroatoms. The van der Waals surface area contributed by atoms with Gasteiger partial charge in [0.15, 0.2) is 0 Å². The maximum Gasteiger partial charge on any atom is 0.378 e. The summed E-state index contributed by atoms with van der Waals surface area (Å²) in [6.45, 7) is 5.30. The Kier molecular flexibility index (Phi) is 5.96. The maximum atomic E-state index is 13.3. The van der Waals surface area contributed by atoms with Crippen LogP contribution in [0, 0.1) is 0 Å². The Balaban J connectivity index is 1.74. The van der Waals surface area contributed by atoms with E-state index in [1.54, 1.807) is 45.0 Å². The summed E-state index contributed by atoms with van der Waals surface area (Å²) in [5, 5.41) is 11.0. The average molecular weight is 452 g/mol. The predicted molar refractivity (Wildman–Crippen MR) is 122 cm³/mol. The van der Waals surface area contributed by atoms with Gasteiger partial charge in [0.2, 0.25) is 5.95 Å². The molecule has 2 aromatic carbocycles. The number of carbonyl (C=O) groups is 2. The predicted octanol–water partition coefficient (Wildman–Crippen LogP) is 4.42. The van der Waals surface area contributed by atoms with Crippen molar-refractivity contribution in [3.63, 3.8) is 0 Å². The highest BCUT2D eigenvalue weighted by Crippen LogP contribution is 2.35. The van der Waals surface area contributed by atoms with Gasteiger partial charge in [-0.3, -0.25) is 4.79 Å². The number of anilines is 2. The quantitative estimate of drug-likeness (QED) is 0.557. The van der Waals surface area contributed by atoms with E-state index >= 15 is 0 Å². The largest absolute Gasteiger partial charge is 0.457 e. The molecular formula is C23H22ClN5O3. The number of hydrogen-bond acceptors (Lipinski definition) is 6. The molecule has 1 aromatic heterocycles. The van der Waals surface area contributed by atoms with Crippen molar-refractivity contribution in [2.75, 3.05) is 10.6 Å². The van der Waals surface area contributed by atoms with E-state index in [4.69, 9.17) is 16.3 Å². The standard InChI is InChI=1S/C23H22ClN5O3/c1-13(2)32-22(31)20-27-23-25-14(3)18(21(30)26-17-11-9-16(24)10-12-17)19(29(23)28-20)15-7-5-4-6-8-15/h4-13,19H,1-3H3,(H,26,30)(H,25,27,28)/t19-/m0/s1. The summed E-state index contributed by atoms with van der Waals surface area (Å²) < 4.78 is 6.77. The zero-order valence-electron chi connectivity index (χ0n) is 17.8. The Labute approximate surface area is 190 Å². The van der Waals surface area contributed by atoms with E-state index < -0.39 is 12.0 Å². The van der Waals surface area contributed by atoms with Crippen LogP contribution in [-0.4, -0.2) is 32.7 Å². The van der Waals surface area contributed by atoms with Gasteiger partial charge in [0.05, 0.1) is 11.7 Å². The van der Waals surface area contributed by atoms with Crippen LogP contribution in [0.4, 0.5) is 11.6 Å². The first-order valence-corrected chi connectivity index (χ1v) is 10.5. The van der Waals surface area contributed by atoms with E-state index in [2.05, 4.69) is 20.7 Å². The molecule has 0 saturated carbocycles. The lowest BCUT2D eigenvalue weighted by Crippen LogP contribution is -2.31. The number of allylic oxidation sites excluding steroid dienone is 1. The summed E-state index contributed by atoms with van der Waals surface area (Å²) in [6, 6.07) is 15.7. The topological polar surface area (TPSA) is 98.1 Å². The Bertz CT molecular complexity index is 1190. The molecule has 164 valence electrons. The van der Waals surface area contributed by atoms with Crippen LogP contribution in [0.15, 0.2) is 65.9 Å². The van der Waals surface area contributed by atoms with E-state index in [9.17, 15) is 9.59 Å². The van der Waals surface area contributed by atoms with Crippen LogP contribution in [0.3, 0.4) is 0 Å². The fourth-order valence-corrected chi connectivity index (χ4v) is 3.60. The van der Waals surface area contributed by atoms with E-state index in [0.717, 1.165) is 5.56 Å². The van der Waals surface area contributed by atoms with E-state index in [1.807, 2.05) is 30.3 Å². The maximum absolute atomic E-state index is 13.3. The van der Waals surface area contributed by atoms with Gasteiger partial charge >= 0.3 is 5.97 Å². The monoisotopic (exact) mass is 451 g/mol. The van der Waals surface area contributed by atoms with Gasteiger partial charge in [0, 0.05) is 16.4 Å². The van der Waals surface area contributed by atoms with E-state index in [-0.39, 0.29) is 17.8 Å². The zero-order chi connectivity index (χ0) is 22.8. The molecule has 4 rings (SSSR count). The molecule has 1 aliphatic heterocycles. The molecule has 2 N–H and O–H groups in total. The Morgan fingerprint density at radius 2 is 1.81 bits per heavy atom. The molecule has 0 spiro atoms. The number of amides is 1. The highest BCUT2D eigenvalue weighted by Gasteiger charge is 2.35. The van der Waals surface area contributed by atoms with Crippen LogP contribution >= 0.6 is 11.6 Å². The van der Waals surface area contributed by atoms with Crippen molar-refractivity contribution in [1.29, 1.82) is 0 Å². The van der Waals surface area contributed by atoms with Gasteiger partial charge in [-0.05, 0) is 50.6 Å². The van der Waals surface area contributed by atoms with Crippen molar-refractivity contribution in [2.45, 2.75) is 32.9 Å². The third-order valence-corrected chi connectivity index (χ3v) is 5.09. The van der Waals surface area contributed by atoms with Crippen molar-refractivity contribution in [2.24, 2.45) is 0 Å². The third-order valence-electron chi connectivity index (χ3n) is 4.84. The summed E-state index contributed by atoms with van der Waals surface area (Å²) in [5.74, 6) is -0.650. The summed E-state index contributed by atoms with van der Waals surface area (Å²) in [5.41, 5.74) is 2.49. The Morgan fingerprint density at radius 3 is 2.47 bits per heavy atom. The number of rotatable bonds is 5. The Morgan fingerprint density at radius 1 is 1.12 bits per heavy atom. The lowest BCUT2D eigenvalue weighted by atomic mass is 9.95. The first kappa shape index (κ1) is 21.6. The van der Waals surface area contributed by atoms with E-state index in [1.165, 1.54) is 4.68 Å². The molecule has 0 bridgehead atoms. The number of nitrogens with one attached hydrogen (secondary N) is 2. The van der Waals surface area contributed by atoms with Crippen LogP contribution in [0.5, 0.6) is 0 Å². The molecule has 3 aromatic rings. The van der Waals surface area contributed by atoms with Crippen LogP contribution in [0.25, 0.3) is 0 Å². The third kappa shape index (κ3) is 4.36. The van der Waals surface area contributed by atoms with Crippen LogP contribution < -0.4 is 10.6 Å². The molecule has 32 heavy (non-hydrogen) atoms. The summed E-state index contributed by atoms with van der Waals surface area (Å²) in [6.07, 6.45) is -0.304. The van der Waals surface area contributed by atoms with Gasteiger partial charge in [-0.25, -0.2) is 9.48 Å². The minimum absolute atomic E-state index is 0.0747. The van der Waals surface area contributed by atoms with Gasteiger partial charge in [-0.2, -0.15) is 4.98 Å². The smallest absolute Gasteiger partial charge is 0.378 e. The van der Waals surface area contributed by atoms with Crippen LogP contribution in [-0.2, 0) is 9.53 Å². The lowest BCUT2D eigenvalue weighted by molar-refractivity contribution is -0.113. The fraction of sp³-hybridized carbons (Fsp3) is 0.217. The number of esters is 1. The van der Waals surface area contributed by atoms with E-state index in [0.29, 0.717) is 27.9 Å². The van der Waals surface area contributed by atoms with Gasteiger partial charge in [0.1, 0.15) is 6.04 Å². The highest BCUT2D eigenvalue weighted by atomic mass is 35.5. The molecule has 0 unspecified atom stereocenters. The fourth-order valence-electron chi connectivity index (χ4n) is 3.47. The second-order valence-electron chi connectivity index (χ2n) is 7.60. The van der Waals surface area contributed by atoms with Gasteiger partial charge in [-0.1, -0.05) is 41.9 Å². The average Bonchev–Trinajstić information content (AvgIpc) is 3.18. The van der Waals surface area contributed by atoms with Crippen LogP contribution in [0.1, 0.15) is 43.0 Å². The van der Waals surface area contributed by atoms with Crippen molar-refractivity contribution in [1.82, 2.24) is 14.8 Å². The second-order valence-corrected chi connectivity index (χ2v) is 8.03. The van der Waals surface area contributed by atoms with Gasteiger partial charge in [-0.15, -0.1) is 5.10 Å². The lowest BCUT2D eigenvalue weighted by Gasteiger charge is -2.28. The van der Waals surface area contributed by atoms with Crippen molar-refractivity contribution < 1.29 is 14.3 Å². The normalized spacial score (nSPS) is 15.2. The van der Waals surface area contributed by atoms with Crippen LogP contribution in [0.2, 0.25) is 5.02 Å². The summed E-state index contributed by atoms with van der Waals surface area (Å²) in [4.78, 5) is 30.0. The number of carbonyl (C=O) groups excluding carboxylic acids is 2. The number of ether oxygens (including phenoxy) is 1. The number of aromatic nitrogens is 3. The molecule has 1 aliphatic rings. The summed E-state index contributed by atoms with van der Waals surface area (Å²) in [7, 11) is 0. The first-order valence-electron chi connectivity index (χ1n) is 10.1. The molecule has 1 amide bonds. The molecular weight excluding hydrogens is 430 g/mol. The molecule has 8 nitrogen and oxygen atoms in total. The van der Waals surface area contributed by atoms with Crippen molar-refractivity contribution in [3.05, 3.63) is 82.3 Å². The molecule has 1 atom stereocenters. The molecule has 2 heterocycles.